The summed E-state index contributed by atoms with van der Waals surface area (Å²) in [6.07, 6.45) is 1.74. The average Bonchev–Trinajstić information content (AvgIpc) is 2.85. The molecule has 0 bridgehead atoms. The highest BCUT2D eigenvalue weighted by molar-refractivity contribution is 6.31. The molecular weight excluding hydrogens is 281 g/mol. The van der Waals surface area contributed by atoms with Gasteiger partial charge in [-0.05, 0) is 23.8 Å². The van der Waals surface area contributed by atoms with Gasteiger partial charge in [0.1, 0.15) is 5.82 Å². The van der Waals surface area contributed by atoms with Gasteiger partial charge in [0.2, 0.25) is 0 Å². The molecule has 4 nitrogen and oxygen atoms in total. The molecule has 0 aliphatic heterocycles. The van der Waals surface area contributed by atoms with Gasteiger partial charge in [-0.2, -0.15) is 5.10 Å². The second kappa shape index (κ2) is 7.38. The minimum Gasteiger partial charge on any atom is -0.383 e. The molecule has 0 atom stereocenters. The summed E-state index contributed by atoms with van der Waals surface area (Å²) < 4.78 is 19.8. The first-order valence-electron chi connectivity index (χ1n) is 6.35. The Hall–Kier alpha value is -1.43. The Morgan fingerprint density at radius 3 is 3.00 bits per heavy atom. The Bertz CT molecular complexity index is 559. The molecule has 0 aliphatic carbocycles. The van der Waals surface area contributed by atoms with Gasteiger partial charge in [0.15, 0.2) is 0 Å². The van der Waals surface area contributed by atoms with Crippen molar-refractivity contribution in [2.45, 2.75) is 13.1 Å². The van der Waals surface area contributed by atoms with E-state index in [0.29, 0.717) is 24.7 Å². The van der Waals surface area contributed by atoms with Gasteiger partial charge in [-0.3, -0.25) is 4.68 Å². The molecule has 1 aromatic heterocycles. The van der Waals surface area contributed by atoms with E-state index >= 15 is 0 Å². The fraction of sp³-hybridized carbons (Fsp3) is 0.357. The standard InChI is InChI=1S/C14H17ClFN3O/c1-20-7-6-17-9-13-4-5-18-19(13)10-11-2-3-12(16)8-14(11)15/h2-5,8,17H,6-7,9-10H2,1H3. The number of ether oxygens (including phenoxy) is 1. The molecule has 2 aromatic rings. The molecule has 6 heteroatoms. The van der Waals surface area contributed by atoms with Crippen LogP contribution in [-0.4, -0.2) is 30.0 Å². The normalized spacial score (nSPS) is 10.9. The number of rotatable bonds is 7. The van der Waals surface area contributed by atoms with E-state index in [-0.39, 0.29) is 5.82 Å². The smallest absolute Gasteiger partial charge is 0.124 e. The van der Waals surface area contributed by atoms with E-state index < -0.39 is 0 Å². The van der Waals surface area contributed by atoms with Gasteiger partial charge in [0.25, 0.3) is 0 Å². The predicted molar refractivity (Wildman–Crippen MR) is 76.3 cm³/mol. The fourth-order valence-corrected chi connectivity index (χ4v) is 2.08. The zero-order valence-electron chi connectivity index (χ0n) is 11.3. The van der Waals surface area contributed by atoms with Gasteiger partial charge in [0, 0.05) is 31.4 Å². The van der Waals surface area contributed by atoms with Crippen molar-refractivity contribution in [1.29, 1.82) is 0 Å². The number of halogens is 2. The lowest BCUT2D eigenvalue weighted by molar-refractivity contribution is 0.199. The third kappa shape index (κ3) is 4.03. The largest absolute Gasteiger partial charge is 0.383 e. The Kier molecular flexibility index (Phi) is 5.52. The minimum atomic E-state index is -0.333. The van der Waals surface area contributed by atoms with Crippen molar-refractivity contribution in [3.63, 3.8) is 0 Å². The first-order chi connectivity index (χ1) is 9.70. The van der Waals surface area contributed by atoms with Crippen LogP contribution in [0.5, 0.6) is 0 Å². The minimum absolute atomic E-state index is 0.333. The lowest BCUT2D eigenvalue weighted by Crippen LogP contribution is -2.21. The molecule has 1 N–H and O–H groups in total. The maximum absolute atomic E-state index is 13.0. The summed E-state index contributed by atoms with van der Waals surface area (Å²) in [6, 6.07) is 6.34. The Balaban J connectivity index is 2.01. The van der Waals surface area contributed by atoms with Gasteiger partial charge in [-0.15, -0.1) is 0 Å². The summed E-state index contributed by atoms with van der Waals surface area (Å²) >= 11 is 6.03. The van der Waals surface area contributed by atoms with Crippen molar-refractivity contribution < 1.29 is 9.13 Å². The van der Waals surface area contributed by atoms with Gasteiger partial charge in [-0.1, -0.05) is 17.7 Å². The zero-order valence-corrected chi connectivity index (χ0v) is 12.0. The average molecular weight is 298 g/mol. The Morgan fingerprint density at radius 2 is 2.25 bits per heavy atom. The van der Waals surface area contributed by atoms with Crippen molar-refractivity contribution in [3.8, 4) is 0 Å². The molecule has 0 aliphatic rings. The molecule has 20 heavy (non-hydrogen) atoms. The van der Waals surface area contributed by atoms with Crippen LogP contribution in [-0.2, 0) is 17.8 Å². The van der Waals surface area contributed by atoms with Crippen molar-refractivity contribution in [2.75, 3.05) is 20.3 Å². The van der Waals surface area contributed by atoms with E-state index in [2.05, 4.69) is 10.4 Å². The first kappa shape index (κ1) is 15.0. The maximum Gasteiger partial charge on any atom is 0.124 e. The monoisotopic (exact) mass is 297 g/mol. The molecular formula is C14H17ClFN3O. The number of aromatic nitrogens is 2. The van der Waals surface area contributed by atoms with Crippen LogP contribution in [0.25, 0.3) is 0 Å². The first-order valence-corrected chi connectivity index (χ1v) is 6.73. The molecule has 0 unspecified atom stereocenters. The van der Waals surface area contributed by atoms with Crippen LogP contribution in [0.15, 0.2) is 30.5 Å². The van der Waals surface area contributed by atoms with Crippen LogP contribution in [0, 0.1) is 5.82 Å². The van der Waals surface area contributed by atoms with Crippen LogP contribution in [0.1, 0.15) is 11.3 Å². The van der Waals surface area contributed by atoms with Crippen LogP contribution in [0.2, 0.25) is 5.02 Å². The van der Waals surface area contributed by atoms with E-state index in [9.17, 15) is 4.39 Å². The topological polar surface area (TPSA) is 39.1 Å². The molecule has 1 heterocycles. The third-order valence-corrected chi connectivity index (χ3v) is 3.28. The molecule has 0 saturated carbocycles. The van der Waals surface area contributed by atoms with E-state index in [4.69, 9.17) is 16.3 Å². The summed E-state index contributed by atoms with van der Waals surface area (Å²) in [4.78, 5) is 0. The molecule has 108 valence electrons. The number of hydrogen-bond donors (Lipinski definition) is 1. The van der Waals surface area contributed by atoms with Crippen LogP contribution in [0.4, 0.5) is 4.39 Å². The Labute approximate surface area is 122 Å². The van der Waals surface area contributed by atoms with Crippen molar-refractivity contribution in [1.82, 2.24) is 15.1 Å². The number of benzene rings is 1. The van der Waals surface area contributed by atoms with E-state index in [1.54, 1.807) is 19.4 Å². The number of nitrogens with zero attached hydrogens (tertiary/aromatic N) is 2. The lowest BCUT2D eigenvalue weighted by Gasteiger charge is -2.10. The van der Waals surface area contributed by atoms with E-state index in [0.717, 1.165) is 17.8 Å². The molecule has 0 amide bonds. The van der Waals surface area contributed by atoms with Crippen LogP contribution >= 0.6 is 11.6 Å². The van der Waals surface area contributed by atoms with Crippen LogP contribution < -0.4 is 5.32 Å². The van der Waals surface area contributed by atoms with Crippen molar-refractivity contribution in [3.05, 3.63) is 52.6 Å². The molecule has 1 aromatic carbocycles. The highest BCUT2D eigenvalue weighted by atomic mass is 35.5. The van der Waals surface area contributed by atoms with E-state index in [1.165, 1.54) is 12.1 Å². The summed E-state index contributed by atoms with van der Waals surface area (Å²) in [5.41, 5.74) is 1.89. The molecule has 2 rings (SSSR count). The van der Waals surface area contributed by atoms with Crippen molar-refractivity contribution in [2.24, 2.45) is 0 Å². The number of nitrogens with one attached hydrogen (secondary N) is 1. The predicted octanol–water partition coefficient (Wildman–Crippen LogP) is 2.46. The highest BCUT2D eigenvalue weighted by Gasteiger charge is 2.07. The third-order valence-electron chi connectivity index (χ3n) is 2.93. The molecule has 0 spiro atoms. The molecule has 0 radical (unpaired) electrons. The highest BCUT2D eigenvalue weighted by Crippen LogP contribution is 2.18. The maximum atomic E-state index is 13.0. The Morgan fingerprint density at radius 1 is 1.40 bits per heavy atom. The summed E-state index contributed by atoms with van der Waals surface area (Å²) in [7, 11) is 1.67. The molecule has 0 fully saturated rings. The second-order valence-corrected chi connectivity index (χ2v) is 4.79. The number of methoxy groups -OCH3 is 1. The van der Waals surface area contributed by atoms with Crippen LogP contribution in [0.3, 0.4) is 0 Å². The summed E-state index contributed by atoms with van der Waals surface area (Å²) in [6.45, 7) is 2.66. The summed E-state index contributed by atoms with van der Waals surface area (Å²) in [5.74, 6) is -0.333. The quantitative estimate of drug-likeness (QED) is 0.798. The van der Waals surface area contributed by atoms with Gasteiger partial charge >= 0.3 is 0 Å². The lowest BCUT2D eigenvalue weighted by atomic mass is 10.2. The van der Waals surface area contributed by atoms with Gasteiger partial charge in [0.05, 0.1) is 18.8 Å². The second-order valence-electron chi connectivity index (χ2n) is 4.39. The number of hydrogen-bond acceptors (Lipinski definition) is 3. The fourth-order valence-electron chi connectivity index (χ4n) is 1.85. The summed E-state index contributed by atoms with van der Waals surface area (Å²) in [5, 5.41) is 7.94. The van der Waals surface area contributed by atoms with Gasteiger partial charge < -0.3 is 10.1 Å². The van der Waals surface area contributed by atoms with Crippen molar-refractivity contribution >= 4 is 11.6 Å². The zero-order chi connectivity index (χ0) is 14.4. The van der Waals surface area contributed by atoms with Gasteiger partial charge in [-0.25, -0.2) is 4.39 Å². The SMILES string of the molecule is COCCNCc1ccnn1Cc1ccc(F)cc1Cl. The van der Waals surface area contributed by atoms with E-state index in [1.807, 2.05) is 10.7 Å². The molecule has 0 saturated heterocycles.